The average Bonchev–Trinajstić information content (AvgIpc) is 2.34. The van der Waals surface area contributed by atoms with Crippen LogP contribution in [0.2, 0.25) is 10.3 Å². The zero-order valence-corrected chi connectivity index (χ0v) is 10.7. The van der Waals surface area contributed by atoms with Gasteiger partial charge in [-0.1, -0.05) is 48.3 Å². The summed E-state index contributed by atoms with van der Waals surface area (Å²) >= 11 is 11.8. The summed E-state index contributed by atoms with van der Waals surface area (Å²) in [5.41, 5.74) is 1.05. The van der Waals surface area contributed by atoms with Crippen LogP contribution in [0.3, 0.4) is 0 Å². The van der Waals surface area contributed by atoms with Gasteiger partial charge in [-0.05, 0) is 18.6 Å². The molecule has 0 aliphatic rings. The molecule has 17 heavy (non-hydrogen) atoms. The second kappa shape index (κ2) is 4.90. The quantitative estimate of drug-likeness (QED) is 0.839. The van der Waals surface area contributed by atoms with Gasteiger partial charge >= 0.3 is 0 Å². The van der Waals surface area contributed by atoms with Crippen molar-refractivity contribution < 1.29 is 0 Å². The number of nitrogens with zero attached hydrogens (tertiary/aromatic N) is 2. The summed E-state index contributed by atoms with van der Waals surface area (Å²) in [5, 5.41) is 0.150. The maximum absolute atomic E-state index is 12.0. The molecule has 0 aliphatic carbocycles. The van der Waals surface area contributed by atoms with Crippen molar-refractivity contribution in [2.24, 2.45) is 0 Å². The Morgan fingerprint density at radius 1 is 1.18 bits per heavy atom. The largest absolute Gasteiger partial charge is 0.293 e. The van der Waals surface area contributed by atoms with Crippen LogP contribution in [-0.2, 0) is 6.42 Å². The molecule has 0 amide bonds. The number of rotatable bonds is 2. The number of halogens is 2. The zero-order valence-electron chi connectivity index (χ0n) is 9.15. The fourth-order valence-electron chi connectivity index (χ4n) is 1.66. The van der Waals surface area contributed by atoms with Gasteiger partial charge in [-0.25, -0.2) is 4.98 Å². The fourth-order valence-corrected chi connectivity index (χ4v) is 2.17. The van der Waals surface area contributed by atoms with Crippen LogP contribution in [0.1, 0.15) is 12.6 Å². The first-order valence-electron chi connectivity index (χ1n) is 5.17. The van der Waals surface area contributed by atoms with Crippen LogP contribution in [0.5, 0.6) is 0 Å². The second-order valence-corrected chi connectivity index (χ2v) is 4.19. The first kappa shape index (κ1) is 12.1. The van der Waals surface area contributed by atoms with Crippen molar-refractivity contribution >= 4 is 23.2 Å². The van der Waals surface area contributed by atoms with Crippen molar-refractivity contribution in [3.8, 4) is 5.69 Å². The smallest absolute Gasteiger partial charge is 0.276 e. The molecule has 0 aliphatic heterocycles. The molecule has 0 unspecified atom stereocenters. The van der Waals surface area contributed by atoms with Crippen LogP contribution >= 0.6 is 23.2 Å². The summed E-state index contributed by atoms with van der Waals surface area (Å²) in [6, 6.07) is 9.23. The number of benzene rings is 1. The van der Waals surface area contributed by atoms with E-state index in [1.54, 1.807) is 0 Å². The third-order valence-corrected chi connectivity index (χ3v) is 2.98. The predicted molar refractivity (Wildman–Crippen MR) is 69.2 cm³/mol. The van der Waals surface area contributed by atoms with Crippen LogP contribution in [0, 0.1) is 0 Å². The first-order chi connectivity index (χ1) is 8.15. The third-order valence-electron chi connectivity index (χ3n) is 2.43. The van der Waals surface area contributed by atoms with Gasteiger partial charge in [0.25, 0.3) is 5.56 Å². The number of aromatic nitrogens is 2. The minimum Gasteiger partial charge on any atom is -0.276 e. The molecule has 5 heteroatoms. The maximum Gasteiger partial charge on any atom is 0.293 e. The van der Waals surface area contributed by atoms with Crippen molar-refractivity contribution in [3.05, 3.63) is 56.7 Å². The summed E-state index contributed by atoms with van der Waals surface area (Å²) in [4.78, 5) is 15.8. The van der Waals surface area contributed by atoms with Crippen LogP contribution in [0.25, 0.3) is 5.69 Å². The van der Waals surface area contributed by atoms with Gasteiger partial charge in [0.15, 0.2) is 10.3 Å². The molecule has 88 valence electrons. The van der Waals surface area contributed by atoms with Crippen LogP contribution in [0.15, 0.2) is 35.1 Å². The van der Waals surface area contributed by atoms with E-state index in [0.29, 0.717) is 12.1 Å². The highest BCUT2D eigenvalue weighted by Crippen LogP contribution is 2.18. The lowest BCUT2D eigenvalue weighted by atomic mass is 10.2. The van der Waals surface area contributed by atoms with Crippen LogP contribution in [0.4, 0.5) is 0 Å². The van der Waals surface area contributed by atoms with Crippen molar-refractivity contribution in [1.82, 2.24) is 9.55 Å². The Morgan fingerprint density at radius 3 is 2.41 bits per heavy atom. The van der Waals surface area contributed by atoms with E-state index < -0.39 is 0 Å². The lowest BCUT2D eigenvalue weighted by molar-refractivity contribution is 0.852. The lowest BCUT2D eigenvalue weighted by Crippen LogP contribution is -2.23. The highest BCUT2D eigenvalue weighted by Gasteiger charge is 2.13. The Balaban J connectivity index is 2.80. The molecule has 1 heterocycles. The molecule has 0 fully saturated rings. The predicted octanol–water partition coefficient (Wildman–Crippen LogP) is 3.10. The molecule has 0 N–H and O–H groups in total. The highest BCUT2D eigenvalue weighted by molar-refractivity contribution is 6.32. The Labute approximate surface area is 109 Å². The topological polar surface area (TPSA) is 34.9 Å². The Hall–Kier alpha value is -1.32. The number of hydrogen-bond acceptors (Lipinski definition) is 2. The summed E-state index contributed by atoms with van der Waals surface area (Å²) in [6.45, 7) is 1.91. The van der Waals surface area contributed by atoms with Gasteiger partial charge in [0.05, 0.1) is 5.69 Å². The van der Waals surface area contributed by atoms with E-state index in [9.17, 15) is 4.79 Å². The molecular formula is C12H10Cl2N2O. The van der Waals surface area contributed by atoms with Crippen LogP contribution < -0.4 is 5.56 Å². The van der Waals surface area contributed by atoms with E-state index in [2.05, 4.69) is 4.98 Å². The third kappa shape index (κ3) is 2.21. The SMILES string of the molecule is CCc1c(Cl)nc(Cl)c(=O)n1-c1ccccc1. The molecular weight excluding hydrogens is 259 g/mol. The normalized spacial score (nSPS) is 10.5. The minimum atomic E-state index is -0.348. The van der Waals surface area contributed by atoms with Gasteiger partial charge in [0.2, 0.25) is 0 Å². The van der Waals surface area contributed by atoms with Gasteiger partial charge in [0, 0.05) is 5.69 Å². The van der Waals surface area contributed by atoms with Crippen molar-refractivity contribution in [2.45, 2.75) is 13.3 Å². The highest BCUT2D eigenvalue weighted by atomic mass is 35.5. The summed E-state index contributed by atoms with van der Waals surface area (Å²) < 4.78 is 1.50. The zero-order chi connectivity index (χ0) is 12.4. The second-order valence-electron chi connectivity index (χ2n) is 3.47. The molecule has 1 aromatic carbocycles. The molecule has 0 saturated heterocycles. The molecule has 2 rings (SSSR count). The standard InChI is InChI=1S/C12H10Cl2N2O/c1-2-9-10(13)15-11(14)12(17)16(9)8-6-4-3-5-7-8/h3-7H,2H2,1H3. The van der Waals surface area contributed by atoms with Gasteiger partial charge in [-0.3, -0.25) is 9.36 Å². The molecule has 0 atom stereocenters. The molecule has 0 spiro atoms. The number of para-hydroxylation sites is 1. The van der Waals surface area contributed by atoms with Crippen molar-refractivity contribution in [1.29, 1.82) is 0 Å². The fraction of sp³-hybridized carbons (Fsp3) is 0.167. The van der Waals surface area contributed by atoms with Gasteiger partial charge in [0.1, 0.15) is 0 Å². The van der Waals surface area contributed by atoms with E-state index in [4.69, 9.17) is 23.2 Å². The van der Waals surface area contributed by atoms with Crippen molar-refractivity contribution in [3.63, 3.8) is 0 Å². The number of hydrogen-bond donors (Lipinski definition) is 0. The summed E-state index contributed by atoms with van der Waals surface area (Å²) in [5.74, 6) is 0. The van der Waals surface area contributed by atoms with Crippen molar-refractivity contribution in [2.75, 3.05) is 0 Å². The first-order valence-corrected chi connectivity index (χ1v) is 5.93. The van der Waals surface area contributed by atoms with E-state index >= 15 is 0 Å². The van der Waals surface area contributed by atoms with E-state index in [0.717, 1.165) is 5.69 Å². The minimum absolute atomic E-state index is 0.115. The average molecular weight is 269 g/mol. The van der Waals surface area contributed by atoms with Gasteiger partial charge < -0.3 is 0 Å². The molecule has 1 aromatic heterocycles. The Kier molecular flexibility index (Phi) is 3.50. The Morgan fingerprint density at radius 2 is 1.82 bits per heavy atom. The van der Waals surface area contributed by atoms with Crippen LogP contribution in [-0.4, -0.2) is 9.55 Å². The molecule has 0 radical (unpaired) electrons. The van der Waals surface area contributed by atoms with E-state index in [1.165, 1.54) is 4.57 Å². The molecule has 2 aromatic rings. The Bertz CT molecular complexity index is 593. The molecule has 3 nitrogen and oxygen atoms in total. The summed E-state index contributed by atoms with van der Waals surface area (Å²) in [7, 11) is 0. The van der Waals surface area contributed by atoms with E-state index in [-0.39, 0.29) is 15.9 Å². The maximum atomic E-state index is 12.0. The lowest BCUT2D eigenvalue weighted by Gasteiger charge is -2.12. The summed E-state index contributed by atoms with van der Waals surface area (Å²) in [6.07, 6.45) is 0.604. The molecule has 0 saturated carbocycles. The molecule has 0 bridgehead atoms. The van der Waals surface area contributed by atoms with E-state index in [1.807, 2.05) is 37.3 Å². The van der Waals surface area contributed by atoms with Gasteiger partial charge in [-0.15, -0.1) is 0 Å². The van der Waals surface area contributed by atoms with Gasteiger partial charge in [-0.2, -0.15) is 0 Å². The monoisotopic (exact) mass is 268 g/mol.